The van der Waals surface area contributed by atoms with Crippen LogP contribution in [0.4, 0.5) is 13.2 Å². The fourth-order valence-electron chi connectivity index (χ4n) is 8.82. The van der Waals surface area contributed by atoms with Crippen molar-refractivity contribution in [2.45, 2.75) is 141 Å². The van der Waals surface area contributed by atoms with Gasteiger partial charge in [0.05, 0.1) is 45.7 Å². The summed E-state index contributed by atoms with van der Waals surface area (Å²) in [6, 6.07) is 11.9. The van der Waals surface area contributed by atoms with Crippen LogP contribution in [0.1, 0.15) is 83.8 Å². The Hall–Kier alpha value is -5.52. The van der Waals surface area contributed by atoms with Gasteiger partial charge in [-0.1, -0.05) is 61.7 Å². The topological polar surface area (TPSA) is 214 Å². The molecule has 374 valence electrons. The highest BCUT2D eigenvalue weighted by molar-refractivity contribution is 5.86. The Labute approximate surface area is 392 Å². The van der Waals surface area contributed by atoms with Gasteiger partial charge in [0.15, 0.2) is 18.5 Å². The summed E-state index contributed by atoms with van der Waals surface area (Å²) < 4.78 is 78.6. The zero-order valence-electron chi connectivity index (χ0n) is 38.8. The highest BCUT2D eigenvalue weighted by Gasteiger charge is 2.57. The number of nitrogens with two attached hydrogens (primary N) is 1. The monoisotopic (exact) mass is 962 g/mol. The average Bonchev–Trinajstić information content (AvgIpc) is 3.25. The number of nitrogens with one attached hydrogen (secondary N) is 1. The van der Waals surface area contributed by atoms with Crippen molar-refractivity contribution in [2.75, 3.05) is 31.8 Å². The number of ether oxygens (including phenoxy) is 6. The number of methoxy groups -OCH3 is 1. The first-order chi connectivity index (χ1) is 32.5. The molecular formula is C46H61F3N6O13. The van der Waals surface area contributed by atoms with E-state index in [2.05, 4.69) is 5.48 Å². The molecule has 3 aliphatic heterocycles. The summed E-state index contributed by atoms with van der Waals surface area (Å²) in [4.78, 5) is 77.3. The minimum absolute atomic E-state index is 0.0927. The fourth-order valence-corrected chi connectivity index (χ4v) is 8.82. The molecule has 2 bridgehead atoms. The number of esters is 3. The Kier molecular flexibility index (Phi) is 18.0. The molecule has 3 aromatic rings. The van der Waals surface area contributed by atoms with E-state index in [-0.39, 0.29) is 19.3 Å². The number of carbonyl (C=O) groups is 5. The third-order valence-corrected chi connectivity index (χ3v) is 12.1. The van der Waals surface area contributed by atoms with Crippen molar-refractivity contribution in [3.05, 3.63) is 65.9 Å². The first kappa shape index (κ1) is 51.9. The molecule has 7 atom stereocenters. The second-order valence-corrected chi connectivity index (χ2v) is 17.1. The molecule has 1 aromatic heterocycles. The summed E-state index contributed by atoms with van der Waals surface area (Å²) in [5.41, 5.74) is 5.19. The van der Waals surface area contributed by atoms with E-state index in [1.807, 2.05) is 6.07 Å². The number of amides is 2. The van der Waals surface area contributed by atoms with Crippen molar-refractivity contribution in [3.8, 4) is 17.0 Å². The number of benzene rings is 2. The minimum Gasteiger partial charge on any atom is -0.496 e. The van der Waals surface area contributed by atoms with E-state index >= 15 is 0 Å². The average molecular weight is 963 g/mol. The number of nitrogens with zero attached hydrogens (tertiary/aromatic N) is 4. The first-order valence-corrected chi connectivity index (χ1v) is 22.6. The van der Waals surface area contributed by atoms with Gasteiger partial charge in [-0.2, -0.15) is 18.0 Å². The van der Waals surface area contributed by atoms with Crippen LogP contribution in [0.15, 0.2) is 54.7 Å². The lowest BCUT2D eigenvalue weighted by Crippen LogP contribution is -2.73. The molecule has 3 N–H and O–H groups in total. The second kappa shape index (κ2) is 23.7. The lowest BCUT2D eigenvalue weighted by Gasteiger charge is -2.53. The van der Waals surface area contributed by atoms with Crippen LogP contribution in [0.2, 0.25) is 0 Å². The summed E-state index contributed by atoms with van der Waals surface area (Å²) in [6.45, 7) is 3.37. The molecule has 1 saturated carbocycles. The largest absolute Gasteiger partial charge is 0.496 e. The molecule has 19 nitrogen and oxygen atoms in total. The van der Waals surface area contributed by atoms with Crippen molar-refractivity contribution in [3.63, 3.8) is 0 Å². The number of alkyl halides is 3. The number of hydrogen-bond donors (Lipinski definition) is 2. The Bertz CT molecular complexity index is 2180. The van der Waals surface area contributed by atoms with Crippen molar-refractivity contribution in [2.24, 2.45) is 11.8 Å². The van der Waals surface area contributed by atoms with Gasteiger partial charge in [0.2, 0.25) is 5.91 Å². The molecule has 0 radical (unpaired) electrons. The molecule has 22 heteroatoms. The van der Waals surface area contributed by atoms with Crippen molar-refractivity contribution >= 4 is 29.7 Å². The molecule has 2 amide bonds. The van der Waals surface area contributed by atoms with Crippen LogP contribution in [0.5, 0.6) is 5.75 Å². The van der Waals surface area contributed by atoms with E-state index in [4.69, 9.17) is 44.0 Å². The van der Waals surface area contributed by atoms with Gasteiger partial charge >= 0.3 is 30.0 Å². The van der Waals surface area contributed by atoms with Crippen LogP contribution >= 0.6 is 0 Å². The number of aromatic nitrogens is 2. The van der Waals surface area contributed by atoms with Gasteiger partial charge in [-0.15, -0.1) is 0 Å². The number of carbonyl (C=O) groups excluding carboxylic acids is 5. The molecule has 68 heavy (non-hydrogen) atoms. The van der Waals surface area contributed by atoms with E-state index in [0.29, 0.717) is 39.9 Å². The molecule has 7 unspecified atom stereocenters. The summed E-state index contributed by atoms with van der Waals surface area (Å²) in [5.74, 6) is 1.34. The van der Waals surface area contributed by atoms with E-state index in [1.54, 1.807) is 41.2 Å². The number of hydroxylamine groups is 1. The van der Waals surface area contributed by atoms with Crippen LogP contribution in [-0.2, 0) is 77.0 Å². The van der Waals surface area contributed by atoms with E-state index in [1.165, 1.54) is 55.2 Å². The first-order valence-electron chi connectivity index (χ1n) is 22.6. The van der Waals surface area contributed by atoms with Crippen LogP contribution in [0.3, 0.4) is 0 Å². The van der Waals surface area contributed by atoms with Gasteiger partial charge in [-0.25, -0.2) is 16.4 Å². The summed E-state index contributed by atoms with van der Waals surface area (Å²) in [6.07, 6.45) is -2.87. The van der Waals surface area contributed by atoms with Crippen LogP contribution < -0.4 is 21.1 Å². The van der Waals surface area contributed by atoms with Gasteiger partial charge < -0.3 is 38.2 Å². The molecule has 4 aliphatic rings. The Morgan fingerprint density at radius 2 is 1.66 bits per heavy atom. The summed E-state index contributed by atoms with van der Waals surface area (Å²) >= 11 is 0. The quantitative estimate of drug-likeness (QED) is 0.0576. The predicted octanol–water partition coefficient (Wildman–Crippen LogP) is 4.60. The van der Waals surface area contributed by atoms with Crippen molar-refractivity contribution in [1.29, 1.82) is 0 Å². The maximum absolute atomic E-state index is 14.0. The standard InChI is InChI=1S/C46H61F3N6O13/c1-28(56)54-41-43(66-31(4)59)42(65-30(3)58)40(67-44(41)62-27-36(64-29(2)57)23-52(45(60)46(47,48)49)22-32-13-8-6-9-14-32)25-53-24-37(55(53)54)34-18-19-35(39(21-34)61-5)26-63-51-20-11-7-10-17-38(68-50)33-15-12-16-33/h6,8-9,13-14,18-19,21,24,33,36,38,40-44,51H,7,10-12,15-17,20,22-23,25-27,50H2,1-5H3. The van der Waals surface area contributed by atoms with Gasteiger partial charge in [0.25, 0.3) is 0 Å². The zero-order valence-corrected chi connectivity index (χ0v) is 38.8. The van der Waals surface area contributed by atoms with E-state index in [9.17, 15) is 37.1 Å². The Balaban J connectivity index is 1.23. The predicted molar refractivity (Wildman–Crippen MR) is 234 cm³/mol. The number of hydrogen-bond acceptors (Lipinski definition) is 15. The lowest BCUT2D eigenvalue weighted by atomic mass is 9.79. The molecule has 2 aromatic carbocycles. The third-order valence-electron chi connectivity index (χ3n) is 12.1. The molecule has 0 spiro atoms. The molecule has 7 rings (SSSR count). The maximum Gasteiger partial charge on any atom is 0.471 e. The van der Waals surface area contributed by atoms with Crippen molar-refractivity contribution < 1.29 is 75.2 Å². The smallest absolute Gasteiger partial charge is 0.471 e. The normalized spacial score (nSPS) is 21.1. The maximum atomic E-state index is 14.0. The minimum atomic E-state index is -5.27. The van der Waals surface area contributed by atoms with Gasteiger partial charge in [0.1, 0.15) is 29.7 Å². The zero-order chi connectivity index (χ0) is 49.1. The second-order valence-electron chi connectivity index (χ2n) is 17.1. The van der Waals surface area contributed by atoms with Crippen LogP contribution in [0, 0.1) is 5.92 Å². The number of unbranched alkanes of at least 4 members (excludes halogenated alkanes) is 2. The van der Waals surface area contributed by atoms with Gasteiger partial charge in [0, 0.05) is 51.9 Å². The van der Waals surface area contributed by atoms with Gasteiger partial charge in [-0.05, 0) is 43.2 Å². The number of fused-ring (bicyclic) bond motifs is 2. The van der Waals surface area contributed by atoms with Crippen molar-refractivity contribution in [1.82, 2.24) is 19.9 Å². The molecule has 1 saturated heterocycles. The molecule has 1 aliphatic carbocycles. The van der Waals surface area contributed by atoms with Gasteiger partial charge in [-0.3, -0.25) is 33.5 Å². The van der Waals surface area contributed by atoms with Crippen LogP contribution in [-0.4, -0.2) is 120 Å². The Morgan fingerprint density at radius 1 is 0.941 bits per heavy atom. The van der Waals surface area contributed by atoms with E-state index < -0.39 is 92.3 Å². The number of halogens is 3. The highest BCUT2D eigenvalue weighted by Crippen LogP contribution is 2.38. The molecule has 4 heterocycles. The highest BCUT2D eigenvalue weighted by atomic mass is 19.4. The van der Waals surface area contributed by atoms with Crippen LogP contribution in [0.25, 0.3) is 11.3 Å². The lowest BCUT2D eigenvalue weighted by molar-refractivity contribution is -0.282. The summed E-state index contributed by atoms with van der Waals surface area (Å²) in [7, 11) is 1.51. The van der Waals surface area contributed by atoms with E-state index in [0.717, 1.165) is 52.0 Å². The number of rotatable bonds is 23. The Morgan fingerprint density at radius 3 is 2.28 bits per heavy atom. The fraction of sp³-hybridized carbons (Fsp3) is 0.587. The molecule has 2 fully saturated rings. The molecular weight excluding hydrogens is 902 g/mol. The SMILES string of the molecule is COc1cc(-c2cn3n2N(C(C)=O)C2C(OCC(CN(Cc4ccccc4)C(=O)C(F)(F)F)OC(C)=O)OC(C3)C(OC(C)=O)C2OC(C)=O)ccc1CONCCCCCC(ON)C1CCC1. The summed E-state index contributed by atoms with van der Waals surface area (Å²) in [5, 5.41) is 1.21. The third kappa shape index (κ3) is 13.2.